The summed E-state index contributed by atoms with van der Waals surface area (Å²) in [6.45, 7) is 0. The van der Waals surface area contributed by atoms with Crippen LogP contribution in [0.2, 0.25) is 0 Å². The molecule has 2 aliphatic rings. The van der Waals surface area contributed by atoms with Crippen LogP contribution in [0.25, 0.3) is 0 Å². The van der Waals surface area contributed by atoms with Crippen molar-refractivity contribution in [2.45, 2.75) is 103 Å². The van der Waals surface area contributed by atoms with Crippen LogP contribution in [0.3, 0.4) is 0 Å². The van der Waals surface area contributed by atoms with Crippen molar-refractivity contribution in [2.24, 2.45) is 10.8 Å². The SMILES string of the molecule is CS(=O)(=O)NC(=O)C1(CCCCCCCCCCCCC2(C(=O)O)CC2)CC1. The van der Waals surface area contributed by atoms with Gasteiger partial charge in [0.1, 0.15) is 0 Å². The van der Waals surface area contributed by atoms with Crippen molar-refractivity contribution in [3.05, 3.63) is 0 Å². The van der Waals surface area contributed by atoms with E-state index < -0.39 is 21.4 Å². The van der Waals surface area contributed by atoms with Crippen molar-refractivity contribution >= 4 is 21.9 Å². The summed E-state index contributed by atoms with van der Waals surface area (Å²) in [5.74, 6) is -0.915. The zero-order chi connectivity index (χ0) is 20.7. The molecule has 7 heteroatoms. The van der Waals surface area contributed by atoms with Crippen LogP contribution in [0.4, 0.5) is 0 Å². The van der Waals surface area contributed by atoms with Gasteiger partial charge in [0, 0.05) is 0 Å². The summed E-state index contributed by atoms with van der Waals surface area (Å²) in [5.41, 5.74) is -0.771. The van der Waals surface area contributed by atoms with Crippen molar-refractivity contribution in [3.63, 3.8) is 0 Å². The summed E-state index contributed by atoms with van der Waals surface area (Å²) in [6, 6.07) is 0. The number of hydrogen-bond acceptors (Lipinski definition) is 4. The summed E-state index contributed by atoms with van der Waals surface area (Å²) < 4.78 is 24.5. The van der Waals surface area contributed by atoms with Gasteiger partial charge in [-0.05, 0) is 38.5 Å². The topological polar surface area (TPSA) is 101 Å². The van der Waals surface area contributed by atoms with Gasteiger partial charge in [-0.2, -0.15) is 0 Å². The number of carboxylic acid groups (broad SMARTS) is 1. The standard InChI is InChI=1S/C21H37NO5S/c1-28(26,27)22-18(23)20(14-15-20)12-10-8-6-4-2-3-5-7-9-11-13-21(16-17-21)19(24)25/h2-17H2,1H3,(H,22,23)(H,24,25). The third-order valence-corrected chi connectivity index (χ3v) is 7.04. The van der Waals surface area contributed by atoms with Crippen molar-refractivity contribution < 1.29 is 23.1 Å². The number of amides is 1. The first-order chi connectivity index (χ1) is 13.2. The molecule has 0 aromatic carbocycles. The molecule has 0 saturated heterocycles. The van der Waals surface area contributed by atoms with E-state index in [2.05, 4.69) is 4.72 Å². The van der Waals surface area contributed by atoms with Crippen molar-refractivity contribution in [1.29, 1.82) is 0 Å². The van der Waals surface area contributed by atoms with Crippen molar-refractivity contribution in [1.82, 2.24) is 4.72 Å². The molecule has 2 fully saturated rings. The normalized spacial score (nSPS) is 19.2. The van der Waals surface area contributed by atoms with E-state index in [1.807, 2.05) is 0 Å². The number of hydrogen-bond donors (Lipinski definition) is 2. The van der Waals surface area contributed by atoms with Gasteiger partial charge in [0.15, 0.2) is 0 Å². The molecule has 0 unspecified atom stereocenters. The molecular formula is C21H37NO5S. The Morgan fingerprint density at radius 3 is 1.43 bits per heavy atom. The summed E-state index contributed by atoms with van der Waals surface area (Å²) in [5, 5.41) is 9.14. The number of carboxylic acids is 1. The van der Waals surface area contributed by atoms with Crippen LogP contribution in [-0.2, 0) is 19.6 Å². The third-order valence-electron chi connectivity index (χ3n) is 6.48. The Morgan fingerprint density at radius 2 is 1.11 bits per heavy atom. The van der Waals surface area contributed by atoms with Crippen LogP contribution in [-0.4, -0.2) is 31.7 Å². The Hall–Kier alpha value is -1.11. The zero-order valence-corrected chi connectivity index (χ0v) is 18.1. The van der Waals surface area contributed by atoms with Crippen LogP contribution in [0, 0.1) is 10.8 Å². The molecule has 28 heavy (non-hydrogen) atoms. The van der Waals surface area contributed by atoms with Crippen LogP contribution in [0.15, 0.2) is 0 Å². The highest BCUT2D eigenvalue weighted by molar-refractivity contribution is 7.89. The monoisotopic (exact) mass is 415 g/mol. The van der Waals surface area contributed by atoms with Gasteiger partial charge in [0.2, 0.25) is 15.9 Å². The fraction of sp³-hybridized carbons (Fsp3) is 0.905. The lowest BCUT2D eigenvalue weighted by Gasteiger charge is -2.14. The average molecular weight is 416 g/mol. The lowest BCUT2D eigenvalue weighted by Crippen LogP contribution is -2.36. The molecule has 0 radical (unpaired) electrons. The number of rotatable bonds is 16. The van der Waals surface area contributed by atoms with E-state index in [0.717, 1.165) is 70.5 Å². The molecule has 2 aliphatic carbocycles. The predicted molar refractivity (Wildman–Crippen MR) is 109 cm³/mol. The molecule has 162 valence electrons. The van der Waals surface area contributed by atoms with E-state index in [1.54, 1.807) is 0 Å². The van der Waals surface area contributed by atoms with Gasteiger partial charge in [0.25, 0.3) is 0 Å². The molecule has 0 atom stereocenters. The largest absolute Gasteiger partial charge is 0.481 e. The molecular weight excluding hydrogens is 378 g/mol. The minimum Gasteiger partial charge on any atom is -0.481 e. The second-order valence-electron chi connectivity index (χ2n) is 9.10. The number of carbonyl (C=O) groups is 2. The lowest BCUT2D eigenvalue weighted by molar-refractivity contribution is -0.143. The highest BCUT2D eigenvalue weighted by atomic mass is 32.2. The van der Waals surface area contributed by atoms with Crippen LogP contribution in [0.5, 0.6) is 0 Å². The number of nitrogens with one attached hydrogen (secondary N) is 1. The Balaban J connectivity index is 1.38. The van der Waals surface area contributed by atoms with E-state index >= 15 is 0 Å². The molecule has 0 aromatic rings. The van der Waals surface area contributed by atoms with E-state index in [0.29, 0.717) is 0 Å². The Bertz CT molecular complexity index is 635. The first-order valence-electron chi connectivity index (χ1n) is 10.9. The minimum atomic E-state index is -3.45. The van der Waals surface area contributed by atoms with Gasteiger partial charge in [0.05, 0.1) is 17.1 Å². The minimum absolute atomic E-state index is 0.314. The molecule has 0 heterocycles. The summed E-state index contributed by atoms with van der Waals surface area (Å²) in [6.07, 6.45) is 17.6. The van der Waals surface area contributed by atoms with Crippen molar-refractivity contribution in [3.8, 4) is 0 Å². The summed E-state index contributed by atoms with van der Waals surface area (Å²) in [4.78, 5) is 23.1. The molecule has 1 amide bonds. The second kappa shape index (κ2) is 10.1. The van der Waals surface area contributed by atoms with E-state index in [4.69, 9.17) is 5.11 Å². The fourth-order valence-corrected chi connectivity index (χ4v) is 4.63. The molecule has 6 nitrogen and oxygen atoms in total. The Labute approximate surface area is 169 Å². The van der Waals surface area contributed by atoms with Gasteiger partial charge in [-0.3, -0.25) is 14.3 Å². The number of sulfonamides is 1. The maximum absolute atomic E-state index is 12.0. The maximum atomic E-state index is 12.0. The molecule has 0 aliphatic heterocycles. The lowest BCUT2D eigenvalue weighted by atomic mass is 9.96. The Morgan fingerprint density at radius 1 is 0.750 bits per heavy atom. The molecule has 0 bridgehead atoms. The van der Waals surface area contributed by atoms with Crippen LogP contribution >= 0.6 is 0 Å². The van der Waals surface area contributed by atoms with Gasteiger partial charge < -0.3 is 5.11 Å². The number of aliphatic carboxylic acids is 1. The van der Waals surface area contributed by atoms with E-state index in [1.165, 1.54) is 38.5 Å². The van der Waals surface area contributed by atoms with Gasteiger partial charge in [-0.15, -0.1) is 0 Å². The number of unbranched alkanes of at least 4 members (excludes halogenated alkanes) is 9. The first kappa shape index (κ1) is 23.2. The number of carbonyl (C=O) groups excluding carboxylic acids is 1. The second-order valence-corrected chi connectivity index (χ2v) is 10.9. The van der Waals surface area contributed by atoms with Crippen LogP contribution in [0.1, 0.15) is 103 Å². The van der Waals surface area contributed by atoms with E-state index in [9.17, 15) is 18.0 Å². The van der Waals surface area contributed by atoms with E-state index in [-0.39, 0.29) is 11.3 Å². The molecule has 0 aromatic heterocycles. The summed E-state index contributed by atoms with van der Waals surface area (Å²) >= 11 is 0. The highest BCUT2D eigenvalue weighted by Gasteiger charge is 2.50. The maximum Gasteiger partial charge on any atom is 0.309 e. The predicted octanol–water partition coefficient (Wildman–Crippen LogP) is 4.39. The Kier molecular flexibility index (Phi) is 8.34. The first-order valence-corrected chi connectivity index (χ1v) is 12.8. The molecule has 2 rings (SSSR count). The van der Waals surface area contributed by atoms with Gasteiger partial charge in [-0.25, -0.2) is 8.42 Å². The highest BCUT2D eigenvalue weighted by Crippen LogP contribution is 2.51. The van der Waals surface area contributed by atoms with Crippen molar-refractivity contribution in [2.75, 3.05) is 6.26 Å². The molecule has 2 saturated carbocycles. The smallest absolute Gasteiger partial charge is 0.309 e. The third kappa shape index (κ3) is 7.72. The van der Waals surface area contributed by atoms with Gasteiger partial charge >= 0.3 is 5.97 Å². The summed E-state index contributed by atoms with van der Waals surface area (Å²) in [7, 11) is -3.45. The van der Waals surface area contributed by atoms with Gasteiger partial charge in [-0.1, -0.05) is 64.2 Å². The quantitative estimate of drug-likeness (QED) is 0.364. The van der Waals surface area contributed by atoms with Crippen LogP contribution < -0.4 is 4.72 Å². The zero-order valence-electron chi connectivity index (χ0n) is 17.3. The molecule has 2 N–H and O–H groups in total. The fourth-order valence-electron chi connectivity index (χ4n) is 4.08. The average Bonchev–Trinajstić information content (AvgIpc) is 3.50. The molecule has 0 spiro atoms.